The van der Waals surface area contributed by atoms with E-state index in [2.05, 4.69) is 50.9 Å². The molecule has 12 heteroatoms. The molecule has 1 aliphatic rings. The summed E-state index contributed by atoms with van der Waals surface area (Å²) in [4.78, 5) is 27.9. The normalized spacial score (nSPS) is 15.8. The van der Waals surface area contributed by atoms with Crippen LogP contribution in [0.15, 0.2) is 110 Å². The average Bonchev–Trinajstić information content (AvgIpc) is 3.45. The van der Waals surface area contributed by atoms with Gasteiger partial charge in [-0.15, -0.1) is 4.98 Å². The molecule has 7 rings (SSSR count). The Morgan fingerprint density at radius 1 is 0.849 bits per heavy atom. The molecule has 1 saturated carbocycles. The highest BCUT2D eigenvalue weighted by molar-refractivity contribution is 6.03. The number of amides is 2. The molecule has 6 aromatic rings. The van der Waals surface area contributed by atoms with Crippen LogP contribution in [-0.2, 0) is 20.1 Å². The SMILES string of the molecule is CCCC1/C(=[N+](/C(=O)NCc2ccccc2)c2ccc(-c3cnn(C)c3)cn2)C1CCCNc1ncc(C#N)c(-c2cnn(Cc3ccccc3)c2)n1. The maximum absolute atomic E-state index is 13.9. The Labute approximate surface area is 308 Å². The van der Waals surface area contributed by atoms with Gasteiger partial charge in [0.1, 0.15) is 12.3 Å². The zero-order valence-electron chi connectivity index (χ0n) is 29.9. The number of rotatable bonds is 14. The molecule has 2 unspecified atom stereocenters. The van der Waals surface area contributed by atoms with E-state index in [0.717, 1.165) is 59.2 Å². The Balaban J connectivity index is 1.05. The van der Waals surface area contributed by atoms with Crippen molar-refractivity contribution in [2.24, 2.45) is 18.9 Å². The largest absolute Gasteiger partial charge is 0.441 e. The number of nitriles is 1. The molecule has 2 aromatic carbocycles. The number of benzene rings is 2. The van der Waals surface area contributed by atoms with Gasteiger partial charge in [-0.3, -0.25) is 14.7 Å². The zero-order chi connectivity index (χ0) is 36.6. The first-order chi connectivity index (χ1) is 26.0. The topological polar surface area (TPSA) is 142 Å². The minimum atomic E-state index is -0.183. The Hall–Kier alpha value is -6.48. The first-order valence-corrected chi connectivity index (χ1v) is 18.0. The van der Waals surface area contributed by atoms with Crippen LogP contribution in [0.25, 0.3) is 22.4 Å². The van der Waals surface area contributed by atoms with Gasteiger partial charge in [0, 0.05) is 60.6 Å². The minimum absolute atomic E-state index is 0.183. The van der Waals surface area contributed by atoms with E-state index in [4.69, 9.17) is 9.97 Å². The number of aromatic nitrogens is 7. The summed E-state index contributed by atoms with van der Waals surface area (Å²) in [6.45, 7) is 3.86. The van der Waals surface area contributed by atoms with E-state index in [1.165, 1.54) is 0 Å². The van der Waals surface area contributed by atoms with Crippen molar-refractivity contribution >= 4 is 23.5 Å². The molecular weight excluding hydrogens is 663 g/mol. The van der Waals surface area contributed by atoms with Crippen molar-refractivity contribution in [3.05, 3.63) is 127 Å². The third-order valence-corrected chi connectivity index (χ3v) is 9.48. The van der Waals surface area contributed by atoms with E-state index in [-0.39, 0.29) is 17.9 Å². The van der Waals surface area contributed by atoms with Gasteiger partial charge < -0.3 is 5.32 Å². The number of anilines is 1. The molecule has 12 nitrogen and oxygen atoms in total. The maximum Gasteiger partial charge on any atom is 0.441 e. The van der Waals surface area contributed by atoms with Crippen LogP contribution in [0, 0.1) is 23.2 Å². The second-order valence-electron chi connectivity index (χ2n) is 13.3. The Morgan fingerprint density at radius 2 is 1.60 bits per heavy atom. The van der Waals surface area contributed by atoms with Crippen LogP contribution >= 0.6 is 0 Å². The third-order valence-electron chi connectivity index (χ3n) is 9.48. The van der Waals surface area contributed by atoms with Gasteiger partial charge in [-0.2, -0.15) is 20.0 Å². The van der Waals surface area contributed by atoms with Crippen molar-refractivity contribution < 1.29 is 9.37 Å². The van der Waals surface area contributed by atoms with Crippen LogP contribution in [0.3, 0.4) is 0 Å². The number of carbonyl (C=O) groups excluding carboxylic acids is 1. The molecule has 0 aliphatic heterocycles. The van der Waals surface area contributed by atoms with Gasteiger partial charge in [-0.1, -0.05) is 74.0 Å². The summed E-state index contributed by atoms with van der Waals surface area (Å²) in [5, 5.41) is 25.1. The Morgan fingerprint density at radius 3 is 2.30 bits per heavy atom. The molecule has 0 bridgehead atoms. The highest BCUT2D eigenvalue weighted by atomic mass is 16.2. The van der Waals surface area contributed by atoms with Crippen molar-refractivity contribution in [1.29, 1.82) is 5.26 Å². The lowest BCUT2D eigenvalue weighted by atomic mass is 10.1. The number of hydrogen-bond acceptors (Lipinski definition) is 8. The average molecular weight is 705 g/mol. The minimum Gasteiger partial charge on any atom is -0.354 e. The molecule has 0 radical (unpaired) electrons. The van der Waals surface area contributed by atoms with Gasteiger partial charge in [0.15, 0.2) is 0 Å². The summed E-state index contributed by atoms with van der Waals surface area (Å²) in [5.41, 5.74) is 6.87. The molecular formula is C41H42N11O+. The number of hydrogen-bond donors (Lipinski definition) is 2. The molecule has 53 heavy (non-hydrogen) atoms. The fourth-order valence-corrected chi connectivity index (χ4v) is 6.80. The lowest BCUT2D eigenvalue weighted by molar-refractivity contribution is -0.337. The smallest absolute Gasteiger partial charge is 0.354 e. The Bertz CT molecular complexity index is 2240. The number of nitrogens with one attached hydrogen (secondary N) is 2. The maximum atomic E-state index is 13.9. The molecule has 1 aliphatic carbocycles. The first-order valence-electron chi connectivity index (χ1n) is 18.0. The molecule has 266 valence electrons. The number of carbonyl (C=O) groups is 1. The summed E-state index contributed by atoms with van der Waals surface area (Å²) in [6.07, 6.45) is 14.5. The van der Waals surface area contributed by atoms with Gasteiger partial charge in [0.25, 0.3) is 5.82 Å². The highest BCUT2D eigenvalue weighted by Crippen LogP contribution is 2.43. The predicted molar refractivity (Wildman–Crippen MR) is 203 cm³/mol. The number of nitrogens with zero attached hydrogens (tertiary/aromatic N) is 9. The standard InChI is InChI=1S/C41H41N11O/c1-3-11-35-36(16-10-19-43-40-45-23-32(20-42)38(49-40)34-25-48-51(28-34)26-30-14-8-5-9-15-30)39(35)52(41(53)46-21-29-12-6-4-7-13-29)37-18-17-31(22-44-37)33-24-47-50(2)27-33/h4-9,12-15,17-18,22-25,27-28,35-36H,3,10-11,16,19,21,26H2,1-2H3,(H-,43,45,46,49,53)/p+1/b52-39-. The van der Waals surface area contributed by atoms with Gasteiger partial charge in [-0.05, 0) is 36.5 Å². The van der Waals surface area contributed by atoms with Crippen molar-refractivity contribution in [3.8, 4) is 28.5 Å². The van der Waals surface area contributed by atoms with E-state index < -0.39 is 0 Å². The second kappa shape index (κ2) is 16.2. The van der Waals surface area contributed by atoms with E-state index >= 15 is 0 Å². The summed E-state index contributed by atoms with van der Waals surface area (Å²) in [7, 11) is 1.89. The molecule has 4 aromatic heterocycles. The molecule has 0 saturated heterocycles. The molecule has 4 heterocycles. The lowest BCUT2D eigenvalue weighted by Gasteiger charge is -2.07. The summed E-state index contributed by atoms with van der Waals surface area (Å²) in [5.74, 6) is 1.59. The highest BCUT2D eigenvalue weighted by Gasteiger charge is 2.50. The van der Waals surface area contributed by atoms with Crippen molar-refractivity contribution in [2.45, 2.75) is 45.7 Å². The first kappa shape index (κ1) is 34.9. The van der Waals surface area contributed by atoms with Gasteiger partial charge >= 0.3 is 6.03 Å². The van der Waals surface area contributed by atoms with Crippen molar-refractivity contribution in [3.63, 3.8) is 0 Å². The van der Waals surface area contributed by atoms with Gasteiger partial charge in [0.05, 0.1) is 48.6 Å². The van der Waals surface area contributed by atoms with E-state index in [1.54, 1.807) is 27.8 Å². The quantitative estimate of drug-likeness (QED) is 0.0913. The Kier molecular flexibility index (Phi) is 10.7. The summed E-state index contributed by atoms with van der Waals surface area (Å²) in [6, 6.07) is 26.0. The summed E-state index contributed by atoms with van der Waals surface area (Å²) < 4.78 is 5.39. The number of aryl methyl sites for hydroxylation is 1. The van der Waals surface area contributed by atoms with Crippen LogP contribution in [0.1, 0.15) is 49.3 Å². The molecule has 2 N–H and O–H groups in total. The van der Waals surface area contributed by atoms with Crippen LogP contribution < -0.4 is 10.6 Å². The van der Waals surface area contributed by atoms with Crippen LogP contribution in [0.2, 0.25) is 0 Å². The van der Waals surface area contributed by atoms with Gasteiger partial charge in [-0.25, -0.2) is 14.8 Å². The van der Waals surface area contributed by atoms with Crippen LogP contribution in [0.4, 0.5) is 16.6 Å². The fraction of sp³-hybridized carbons (Fsp3) is 0.268. The molecule has 2 amide bonds. The third kappa shape index (κ3) is 8.37. The van der Waals surface area contributed by atoms with Crippen molar-refractivity contribution in [2.75, 3.05) is 11.9 Å². The fourth-order valence-electron chi connectivity index (χ4n) is 6.80. The van der Waals surface area contributed by atoms with Gasteiger partial charge in [0.2, 0.25) is 5.95 Å². The van der Waals surface area contributed by atoms with E-state index in [9.17, 15) is 10.1 Å². The number of pyridine rings is 1. The van der Waals surface area contributed by atoms with Crippen LogP contribution in [0.5, 0.6) is 0 Å². The molecule has 2 atom stereocenters. The molecule has 0 spiro atoms. The van der Waals surface area contributed by atoms with Crippen molar-refractivity contribution in [1.82, 2.24) is 39.8 Å². The van der Waals surface area contributed by atoms with E-state index in [0.29, 0.717) is 42.7 Å². The number of urea groups is 1. The molecule has 1 fully saturated rings. The lowest BCUT2D eigenvalue weighted by Crippen LogP contribution is -2.32. The monoisotopic (exact) mass is 704 g/mol. The summed E-state index contributed by atoms with van der Waals surface area (Å²) >= 11 is 0. The van der Waals surface area contributed by atoms with Crippen LogP contribution in [-0.4, -0.2) is 57.4 Å². The predicted octanol–water partition coefficient (Wildman–Crippen LogP) is 6.99. The van der Waals surface area contributed by atoms with E-state index in [1.807, 2.05) is 91.0 Å². The second-order valence-corrected chi connectivity index (χ2v) is 13.3. The zero-order valence-corrected chi connectivity index (χ0v) is 29.9.